The first-order valence-corrected chi connectivity index (χ1v) is 6.74. The predicted molar refractivity (Wildman–Crippen MR) is 72.2 cm³/mol. The summed E-state index contributed by atoms with van der Waals surface area (Å²) in [7, 11) is 0. The van der Waals surface area contributed by atoms with Crippen molar-refractivity contribution in [3.8, 4) is 5.75 Å². The summed E-state index contributed by atoms with van der Waals surface area (Å²) < 4.78 is 28.9. The summed E-state index contributed by atoms with van der Waals surface area (Å²) in [5.41, 5.74) is 0.403. The lowest BCUT2D eigenvalue weighted by molar-refractivity contribution is -0.120. The van der Waals surface area contributed by atoms with Crippen LogP contribution in [0.2, 0.25) is 0 Å². The standard InChI is InChI=1S/C14H18F2N2O3/c15-14(16)21-12-4-2-1-3-9(12)5-13(20)18-7-10-6-17-8-11(10)19/h1-4,10-11,14,17,19H,5-8H2,(H,18,20). The number of halogens is 2. The molecule has 0 aliphatic carbocycles. The number of nitrogens with one attached hydrogen (secondary N) is 2. The fraction of sp³-hybridized carbons (Fsp3) is 0.500. The van der Waals surface area contributed by atoms with Crippen LogP contribution >= 0.6 is 0 Å². The highest BCUT2D eigenvalue weighted by Gasteiger charge is 2.25. The number of β-amino-alcohol motifs (C(OH)–C–C–N with tert-alkyl or cyclic N) is 1. The number of carbonyl (C=O) groups is 1. The number of rotatable bonds is 6. The number of hydrogen-bond acceptors (Lipinski definition) is 4. The van der Waals surface area contributed by atoms with Crippen molar-refractivity contribution in [1.29, 1.82) is 0 Å². The van der Waals surface area contributed by atoms with Crippen LogP contribution in [0.4, 0.5) is 8.78 Å². The minimum atomic E-state index is -2.92. The molecule has 0 bridgehead atoms. The van der Waals surface area contributed by atoms with Crippen LogP contribution < -0.4 is 15.4 Å². The summed E-state index contributed by atoms with van der Waals surface area (Å²) in [6.45, 7) is -1.41. The molecule has 1 heterocycles. The number of carbonyl (C=O) groups excluding carboxylic acids is 1. The second-order valence-corrected chi connectivity index (χ2v) is 4.95. The van der Waals surface area contributed by atoms with Gasteiger partial charge in [0.15, 0.2) is 0 Å². The highest BCUT2D eigenvalue weighted by Crippen LogP contribution is 2.20. The van der Waals surface area contributed by atoms with Gasteiger partial charge in [0.05, 0.1) is 12.5 Å². The van der Waals surface area contributed by atoms with Gasteiger partial charge >= 0.3 is 6.61 Å². The highest BCUT2D eigenvalue weighted by atomic mass is 19.3. The number of hydrogen-bond donors (Lipinski definition) is 3. The van der Waals surface area contributed by atoms with E-state index < -0.39 is 12.7 Å². The number of para-hydroxylation sites is 1. The van der Waals surface area contributed by atoms with E-state index in [9.17, 15) is 18.7 Å². The lowest BCUT2D eigenvalue weighted by atomic mass is 10.1. The summed E-state index contributed by atoms with van der Waals surface area (Å²) in [4.78, 5) is 11.9. The molecular formula is C14H18F2N2O3. The van der Waals surface area contributed by atoms with E-state index in [-0.39, 0.29) is 24.0 Å². The summed E-state index contributed by atoms with van der Waals surface area (Å²) in [6.07, 6.45) is -0.515. The number of amides is 1. The maximum Gasteiger partial charge on any atom is 0.387 e. The number of ether oxygens (including phenoxy) is 1. The molecule has 1 aliphatic rings. The Hall–Kier alpha value is -1.73. The van der Waals surface area contributed by atoms with Crippen molar-refractivity contribution in [2.24, 2.45) is 5.92 Å². The van der Waals surface area contributed by atoms with Gasteiger partial charge in [-0.25, -0.2) is 0 Å². The van der Waals surface area contributed by atoms with Crippen LogP contribution in [0.5, 0.6) is 5.75 Å². The molecule has 116 valence electrons. The SMILES string of the molecule is O=C(Cc1ccccc1OC(F)F)NCC1CNCC1O. The summed E-state index contributed by atoms with van der Waals surface area (Å²) >= 11 is 0. The van der Waals surface area contributed by atoms with Crippen molar-refractivity contribution in [3.63, 3.8) is 0 Å². The second-order valence-electron chi connectivity index (χ2n) is 4.95. The van der Waals surface area contributed by atoms with E-state index in [0.717, 1.165) is 0 Å². The minimum Gasteiger partial charge on any atom is -0.435 e. The van der Waals surface area contributed by atoms with Gasteiger partial charge in [-0.3, -0.25) is 4.79 Å². The average molecular weight is 300 g/mol. The van der Waals surface area contributed by atoms with Crippen LogP contribution in [-0.2, 0) is 11.2 Å². The summed E-state index contributed by atoms with van der Waals surface area (Å²) in [6, 6.07) is 6.20. The van der Waals surface area contributed by atoms with Crippen LogP contribution in [0.1, 0.15) is 5.56 Å². The van der Waals surface area contributed by atoms with Crippen molar-refractivity contribution in [2.45, 2.75) is 19.1 Å². The van der Waals surface area contributed by atoms with Crippen molar-refractivity contribution in [1.82, 2.24) is 10.6 Å². The highest BCUT2D eigenvalue weighted by molar-refractivity contribution is 5.79. The van der Waals surface area contributed by atoms with Gasteiger partial charge in [-0.2, -0.15) is 8.78 Å². The molecule has 21 heavy (non-hydrogen) atoms. The molecule has 0 radical (unpaired) electrons. The lowest BCUT2D eigenvalue weighted by Crippen LogP contribution is -2.35. The fourth-order valence-corrected chi connectivity index (χ4v) is 2.27. The Labute approximate surface area is 121 Å². The van der Waals surface area contributed by atoms with Gasteiger partial charge in [0.2, 0.25) is 5.91 Å². The van der Waals surface area contributed by atoms with Crippen LogP contribution in [0, 0.1) is 5.92 Å². The van der Waals surface area contributed by atoms with E-state index >= 15 is 0 Å². The first-order chi connectivity index (χ1) is 10.1. The van der Waals surface area contributed by atoms with Gasteiger partial charge in [0, 0.05) is 31.1 Å². The Kier molecular flexibility index (Phi) is 5.46. The average Bonchev–Trinajstić information content (AvgIpc) is 2.84. The minimum absolute atomic E-state index is 0.00483. The number of aliphatic hydroxyl groups excluding tert-OH is 1. The maximum atomic E-state index is 12.3. The van der Waals surface area contributed by atoms with E-state index in [0.29, 0.717) is 25.2 Å². The first kappa shape index (κ1) is 15.7. The molecule has 1 aromatic rings. The zero-order chi connectivity index (χ0) is 15.2. The van der Waals surface area contributed by atoms with E-state index in [4.69, 9.17) is 0 Å². The van der Waals surface area contributed by atoms with E-state index in [1.54, 1.807) is 18.2 Å². The molecule has 1 saturated heterocycles. The quantitative estimate of drug-likeness (QED) is 0.716. The largest absolute Gasteiger partial charge is 0.435 e. The van der Waals surface area contributed by atoms with Gasteiger partial charge in [0.1, 0.15) is 5.75 Å². The van der Waals surface area contributed by atoms with Crippen LogP contribution in [0.15, 0.2) is 24.3 Å². The summed E-state index contributed by atoms with van der Waals surface area (Å²) in [5.74, 6) is -0.314. The smallest absolute Gasteiger partial charge is 0.387 e. The molecule has 0 aromatic heterocycles. The third-order valence-electron chi connectivity index (χ3n) is 3.41. The molecule has 0 saturated carbocycles. The predicted octanol–water partition coefficient (Wildman–Crippen LogP) is 0.527. The lowest BCUT2D eigenvalue weighted by Gasteiger charge is -2.15. The topological polar surface area (TPSA) is 70.6 Å². The van der Waals surface area contributed by atoms with E-state index in [1.165, 1.54) is 6.07 Å². The number of alkyl halides is 2. The van der Waals surface area contributed by atoms with Gasteiger partial charge in [-0.05, 0) is 6.07 Å². The number of aliphatic hydroxyl groups is 1. The molecule has 0 spiro atoms. The molecule has 7 heteroatoms. The van der Waals surface area contributed by atoms with Crippen molar-refractivity contribution in [2.75, 3.05) is 19.6 Å². The molecule has 1 aliphatic heterocycles. The molecular weight excluding hydrogens is 282 g/mol. The van der Waals surface area contributed by atoms with Crippen molar-refractivity contribution < 1.29 is 23.4 Å². The number of benzene rings is 1. The Bertz CT molecular complexity index is 485. The van der Waals surface area contributed by atoms with Gasteiger partial charge < -0.3 is 20.5 Å². The third-order valence-corrected chi connectivity index (χ3v) is 3.41. The van der Waals surface area contributed by atoms with Crippen LogP contribution in [-0.4, -0.2) is 43.4 Å². The van der Waals surface area contributed by atoms with Gasteiger partial charge in [-0.15, -0.1) is 0 Å². The first-order valence-electron chi connectivity index (χ1n) is 6.74. The molecule has 2 atom stereocenters. The third kappa shape index (κ3) is 4.64. The van der Waals surface area contributed by atoms with Crippen LogP contribution in [0.3, 0.4) is 0 Å². The zero-order valence-electron chi connectivity index (χ0n) is 11.4. The Morgan fingerprint density at radius 3 is 2.86 bits per heavy atom. The monoisotopic (exact) mass is 300 g/mol. The van der Waals surface area contributed by atoms with Crippen molar-refractivity contribution >= 4 is 5.91 Å². The van der Waals surface area contributed by atoms with E-state index in [1.807, 2.05) is 0 Å². The van der Waals surface area contributed by atoms with E-state index in [2.05, 4.69) is 15.4 Å². The zero-order valence-corrected chi connectivity index (χ0v) is 11.4. The van der Waals surface area contributed by atoms with Crippen molar-refractivity contribution in [3.05, 3.63) is 29.8 Å². The van der Waals surface area contributed by atoms with Gasteiger partial charge in [0.25, 0.3) is 0 Å². The molecule has 2 rings (SSSR count). The Balaban J connectivity index is 1.87. The molecule has 3 N–H and O–H groups in total. The summed E-state index contributed by atoms with van der Waals surface area (Å²) in [5, 5.41) is 15.3. The Morgan fingerprint density at radius 1 is 1.43 bits per heavy atom. The Morgan fingerprint density at radius 2 is 2.19 bits per heavy atom. The molecule has 1 amide bonds. The normalized spacial score (nSPS) is 21.5. The molecule has 5 nitrogen and oxygen atoms in total. The second kappa shape index (κ2) is 7.33. The molecule has 1 fully saturated rings. The van der Waals surface area contributed by atoms with Crippen LogP contribution in [0.25, 0.3) is 0 Å². The maximum absolute atomic E-state index is 12.3. The molecule has 1 aromatic carbocycles. The molecule has 2 unspecified atom stereocenters. The fourth-order valence-electron chi connectivity index (χ4n) is 2.27. The van der Waals surface area contributed by atoms with Gasteiger partial charge in [-0.1, -0.05) is 18.2 Å².